The fraction of sp³-hybridized carbons (Fsp3) is 0.571. The van der Waals surface area contributed by atoms with Gasteiger partial charge < -0.3 is 9.47 Å². The van der Waals surface area contributed by atoms with Crippen molar-refractivity contribution in [2.75, 3.05) is 13.7 Å². The molecule has 0 spiro atoms. The number of aryl methyl sites for hydroxylation is 1. The topological polar surface area (TPSA) is 78.6 Å². The van der Waals surface area contributed by atoms with Gasteiger partial charge in [0, 0.05) is 7.11 Å². The van der Waals surface area contributed by atoms with Gasteiger partial charge in [0.1, 0.15) is 11.9 Å². The molecule has 0 heterocycles. The van der Waals surface area contributed by atoms with Crippen molar-refractivity contribution < 1.29 is 17.9 Å². The average Bonchev–Trinajstić information content (AvgIpc) is 2.30. The first-order chi connectivity index (χ1) is 9.16. The molecule has 1 aromatic carbocycles. The second-order valence-electron chi connectivity index (χ2n) is 5.24. The smallest absolute Gasteiger partial charge is 0.238 e. The number of hydrogen-bond donors (Lipinski definition) is 1. The minimum absolute atomic E-state index is 0.0315. The quantitative estimate of drug-likeness (QED) is 0.873. The summed E-state index contributed by atoms with van der Waals surface area (Å²) in [6.07, 6.45) is -0.112. The van der Waals surface area contributed by atoms with Crippen LogP contribution in [0.2, 0.25) is 0 Å². The number of benzene rings is 1. The average molecular weight is 301 g/mol. The van der Waals surface area contributed by atoms with Crippen molar-refractivity contribution in [1.29, 1.82) is 0 Å². The third-order valence-electron chi connectivity index (χ3n) is 2.97. The number of sulfonamides is 1. The first kappa shape index (κ1) is 16.9. The zero-order chi connectivity index (χ0) is 15.5. The summed E-state index contributed by atoms with van der Waals surface area (Å²) in [5.41, 5.74) is 1.40. The predicted octanol–water partition coefficient (Wildman–Crippen LogP) is 2.18. The number of nitrogens with two attached hydrogens (primary N) is 1. The molecule has 6 heteroatoms. The molecule has 0 amide bonds. The van der Waals surface area contributed by atoms with Crippen molar-refractivity contribution in [1.82, 2.24) is 0 Å². The van der Waals surface area contributed by atoms with Crippen molar-refractivity contribution in [3.05, 3.63) is 23.3 Å². The molecule has 0 fully saturated rings. The van der Waals surface area contributed by atoms with Crippen LogP contribution in [0.5, 0.6) is 5.75 Å². The summed E-state index contributed by atoms with van der Waals surface area (Å²) in [5.74, 6) is 0.689. The molecular formula is C14H23NO4S. The van der Waals surface area contributed by atoms with E-state index in [0.29, 0.717) is 17.9 Å². The Bertz CT molecular complexity index is 567. The van der Waals surface area contributed by atoms with Crippen molar-refractivity contribution in [3.8, 4) is 5.75 Å². The summed E-state index contributed by atoms with van der Waals surface area (Å²) in [4.78, 5) is 0.164. The molecule has 0 aliphatic heterocycles. The van der Waals surface area contributed by atoms with E-state index < -0.39 is 10.0 Å². The summed E-state index contributed by atoms with van der Waals surface area (Å²) in [5, 5.41) is 5.27. The summed E-state index contributed by atoms with van der Waals surface area (Å²) in [6.45, 7) is 8.00. The molecule has 0 aliphatic carbocycles. The van der Waals surface area contributed by atoms with Crippen LogP contribution in [0, 0.1) is 6.92 Å². The zero-order valence-corrected chi connectivity index (χ0v) is 13.5. The maximum absolute atomic E-state index is 11.7. The highest BCUT2D eigenvalue weighted by Crippen LogP contribution is 2.31. The molecule has 2 N–H and O–H groups in total. The fourth-order valence-electron chi connectivity index (χ4n) is 1.99. The molecule has 20 heavy (non-hydrogen) atoms. The van der Waals surface area contributed by atoms with Gasteiger partial charge in [-0.1, -0.05) is 13.8 Å². The van der Waals surface area contributed by atoms with E-state index in [1.165, 1.54) is 0 Å². The maximum Gasteiger partial charge on any atom is 0.238 e. The second kappa shape index (κ2) is 6.56. The Hall–Kier alpha value is -1.11. The van der Waals surface area contributed by atoms with Gasteiger partial charge in [-0.05, 0) is 43.0 Å². The van der Waals surface area contributed by atoms with Crippen LogP contribution >= 0.6 is 0 Å². The van der Waals surface area contributed by atoms with Crippen LogP contribution < -0.4 is 9.88 Å². The summed E-state index contributed by atoms with van der Waals surface area (Å²) in [7, 11) is -2.13. The van der Waals surface area contributed by atoms with Gasteiger partial charge >= 0.3 is 0 Å². The van der Waals surface area contributed by atoms with Crippen molar-refractivity contribution in [2.45, 2.75) is 44.6 Å². The predicted molar refractivity (Wildman–Crippen MR) is 78.6 cm³/mol. The Balaban J connectivity index is 3.27. The van der Waals surface area contributed by atoms with Crippen LogP contribution in [0.15, 0.2) is 17.0 Å². The lowest BCUT2D eigenvalue weighted by Crippen LogP contribution is -2.20. The highest BCUT2D eigenvalue weighted by Gasteiger charge is 2.19. The molecule has 0 saturated carbocycles. The van der Waals surface area contributed by atoms with Crippen LogP contribution in [0.4, 0.5) is 0 Å². The van der Waals surface area contributed by atoms with Crippen molar-refractivity contribution in [2.24, 2.45) is 5.14 Å². The van der Waals surface area contributed by atoms with Crippen LogP contribution in [-0.4, -0.2) is 28.2 Å². The first-order valence-electron chi connectivity index (χ1n) is 6.49. The molecule has 0 aliphatic rings. The normalized spacial score (nSPS) is 13.6. The van der Waals surface area contributed by atoms with Crippen molar-refractivity contribution >= 4 is 10.0 Å². The molecule has 0 bridgehead atoms. The van der Waals surface area contributed by atoms with Gasteiger partial charge in [0.25, 0.3) is 0 Å². The Morgan fingerprint density at radius 3 is 2.30 bits per heavy atom. The molecule has 0 radical (unpaired) electrons. The molecule has 114 valence electrons. The van der Waals surface area contributed by atoms with Crippen molar-refractivity contribution in [3.63, 3.8) is 0 Å². The molecule has 1 aromatic rings. The van der Waals surface area contributed by atoms with Gasteiger partial charge in [-0.15, -0.1) is 0 Å². The number of primary sulfonamides is 1. The standard InChI is InChI=1S/C14H23NO4S/c1-9(2)12-7-13(19-11(4)8-18-5)10(3)6-14(12)20(15,16)17/h6-7,9,11H,8H2,1-5H3,(H2,15,16,17). The van der Waals surface area contributed by atoms with E-state index in [9.17, 15) is 8.42 Å². The maximum atomic E-state index is 11.7. The summed E-state index contributed by atoms with van der Waals surface area (Å²) >= 11 is 0. The van der Waals surface area contributed by atoms with Gasteiger partial charge in [0.2, 0.25) is 10.0 Å². The molecule has 0 saturated heterocycles. The van der Waals surface area contributed by atoms with Gasteiger partial charge in [0.05, 0.1) is 11.5 Å². The lowest BCUT2D eigenvalue weighted by Gasteiger charge is -2.19. The molecule has 1 unspecified atom stereocenters. The highest BCUT2D eigenvalue weighted by atomic mass is 32.2. The molecule has 1 atom stereocenters. The number of methoxy groups -OCH3 is 1. The fourth-order valence-corrected chi connectivity index (χ4v) is 2.95. The second-order valence-corrected chi connectivity index (χ2v) is 6.77. The highest BCUT2D eigenvalue weighted by molar-refractivity contribution is 7.89. The lowest BCUT2D eigenvalue weighted by atomic mass is 10.0. The number of rotatable bonds is 6. The van der Waals surface area contributed by atoms with E-state index in [2.05, 4.69) is 0 Å². The van der Waals surface area contributed by atoms with Gasteiger partial charge in [-0.2, -0.15) is 0 Å². The van der Waals surface area contributed by atoms with Crippen LogP contribution in [0.3, 0.4) is 0 Å². The Labute approximate surface area is 121 Å². The van der Waals surface area contributed by atoms with E-state index in [-0.39, 0.29) is 16.9 Å². The minimum Gasteiger partial charge on any atom is -0.488 e. The van der Waals surface area contributed by atoms with Crippen LogP contribution in [0.25, 0.3) is 0 Å². The number of ether oxygens (including phenoxy) is 2. The summed E-state index contributed by atoms with van der Waals surface area (Å²) < 4.78 is 34.1. The molecule has 0 aromatic heterocycles. The van der Waals surface area contributed by atoms with E-state index in [1.54, 1.807) is 26.2 Å². The van der Waals surface area contributed by atoms with E-state index in [0.717, 1.165) is 5.56 Å². The Kier molecular flexibility index (Phi) is 5.56. The van der Waals surface area contributed by atoms with E-state index in [4.69, 9.17) is 14.6 Å². The van der Waals surface area contributed by atoms with Crippen LogP contribution in [0.1, 0.15) is 37.8 Å². The van der Waals surface area contributed by atoms with Crippen LogP contribution in [-0.2, 0) is 14.8 Å². The number of hydrogen-bond acceptors (Lipinski definition) is 4. The Morgan fingerprint density at radius 2 is 1.85 bits per heavy atom. The molecule has 5 nitrogen and oxygen atoms in total. The Morgan fingerprint density at radius 1 is 1.25 bits per heavy atom. The third-order valence-corrected chi connectivity index (χ3v) is 3.93. The van der Waals surface area contributed by atoms with Gasteiger partial charge in [0.15, 0.2) is 0 Å². The molecule has 1 rings (SSSR count). The largest absolute Gasteiger partial charge is 0.488 e. The zero-order valence-electron chi connectivity index (χ0n) is 12.6. The monoisotopic (exact) mass is 301 g/mol. The third kappa shape index (κ3) is 4.19. The minimum atomic E-state index is -3.74. The lowest BCUT2D eigenvalue weighted by molar-refractivity contribution is 0.0915. The van der Waals surface area contributed by atoms with E-state index >= 15 is 0 Å². The summed E-state index contributed by atoms with van der Waals surface area (Å²) in [6, 6.07) is 3.32. The molecular weight excluding hydrogens is 278 g/mol. The van der Waals surface area contributed by atoms with Gasteiger partial charge in [-0.3, -0.25) is 0 Å². The van der Waals surface area contributed by atoms with Gasteiger partial charge in [-0.25, -0.2) is 13.6 Å². The van der Waals surface area contributed by atoms with E-state index in [1.807, 2.05) is 20.8 Å². The first-order valence-corrected chi connectivity index (χ1v) is 8.04. The SMILES string of the molecule is COCC(C)Oc1cc(C(C)C)c(S(N)(=O)=O)cc1C.